The molecule has 3 aromatic carbocycles. The third kappa shape index (κ3) is 6.19. The fourth-order valence-corrected chi connectivity index (χ4v) is 5.12. The SMILES string of the molecule is COc1ccc([C@@H]2[C@@H](CC[C@H](O)c3ccc(F)cc3)C(=O)N2c2ccc(CNC(=O)On3c(O)ccc3O)cc2)c(O)c1. The molecule has 12 heteroatoms. The molecule has 0 saturated carbocycles. The molecule has 1 fully saturated rings. The van der Waals surface area contributed by atoms with E-state index in [9.17, 15) is 34.4 Å². The number of benzene rings is 3. The van der Waals surface area contributed by atoms with Crippen LogP contribution in [-0.4, -0.2) is 44.3 Å². The van der Waals surface area contributed by atoms with E-state index in [1.807, 2.05) is 0 Å². The molecule has 1 aliphatic rings. The summed E-state index contributed by atoms with van der Waals surface area (Å²) in [5.74, 6) is -1.60. The summed E-state index contributed by atoms with van der Waals surface area (Å²) >= 11 is 0. The first-order valence-corrected chi connectivity index (χ1v) is 13.4. The molecule has 0 bridgehead atoms. The number of aliphatic hydroxyl groups is 1. The van der Waals surface area contributed by atoms with Crippen molar-refractivity contribution in [2.24, 2.45) is 5.92 Å². The van der Waals surface area contributed by atoms with Gasteiger partial charge in [0.15, 0.2) is 0 Å². The first-order chi connectivity index (χ1) is 20.7. The number of phenols is 1. The summed E-state index contributed by atoms with van der Waals surface area (Å²) in [7, 11) is 1.48. The number of methoxy groups -OCH3 is 1. The molecule has 0 radical (unpaired) electrons. The van der Waals surface area contributed by atoms with Crippen LogP contribution >= 0.6 is 0 Å². The van der Waals surface area contributed by atoms with Crippen molar-refractivity contribution in [3.63, 3.8) is 0 Å². The summed E-state index contributed by atoms with van der Waals surface area (Å²) in [6.07, 6.45) is -1.23. The largest absolute Gasteiger partial charge is 0.507 e. The average molecular weight is 592 g/mol. The number of hydrogen-bond donors (Lipinski definition) is 5. The van der Waals surface area contributed by atoms with Crippen LogP contribution in [0.2, 0.25) is 0 Å². The molecule has 224 valence electrons. The zero-order valence-electron chi connectivity index (χ0n) is 23.1. The van der Waals surface area contributed by atoms with Gasteiger partial charge in [-0.1, -0.05) is 24.3 Å². The molecule has 43 heavy (non-hydrogen) atoms. The van der Waals surface area contributed by atoms with Gasteiger partial charge in [0, 0.05) is 36.0 Å². The van der Waals surface area contributed by atoms with E-state index in [4.69, 9.17) is 9.57 Å². The molecular formula is C31H30FN3O8. The maximum absolute atomic E-state index is 13.5. The number of aliphatic hydroxyl groups excluding tert-OH is 1. The van der Waals surface area contributed by atoms with Gasteiger partial charge in [0.1, 0.15) is 17.3 Å². The number of phenolic OH excluding ortho intramolecular Hbond substituents is 1. The number of anilines is 1. The fourth-order valence-electron chi connectivity index (χ4n) is 5.12. The zero-order valence-corrected chi connectivity index (χ0v) is 23.1. The molecule has 1 saturated heterocycles. The van der Waals surface area contributed by atoms with E-state index in [2.05, 4.69) is 5.32 Å². The number of nitrogens with zero attached hydrogens (tertiary/aromatic N) is 2. The minimum atomic E-state index is -0.912. The summed E-state index contributed by atoms with van der Waals surface area (Å²) in [5.41, 5.74) is 2.31. The van der Waals surface area contributed by atoms with Crippen LogP contribution in [0.4, 0.5) is 14.9 Å². The number of halogens is 1. The molecule has 3 atom stereocenters. The first kappa shape index (κ1) is 29.3. The van der Waals surface area contributed by atoms with Crippen LogP contribution in [0.25, 0.3) is 0 Å². The van der Waals surface area contributed by atoms with E-state index >= 15 is 0 Å². The lowest BCUT2D eigenvalue weighted by Gasteiger charge is -2.48. The average Bonchev–Trinajstić information content (AvgIpc) is 3.32. The third-order valence-corrected chi connectivity index (χ3v) is 7.40. The van der Waals surface area contributed by atoms with Gasteiger partial charge in [-0.05, 0) is 60.4 Å². The van der Waals surface area contributed by atoms with Crippen molar-refractivity contribution < 1.29 is 44.0 Å². The number of carbonyl (C=O) groups is 2. The van der Waals surface area contributed by atoms with Gasteiger partial charge in [0.2, 0.25) is 17.7 Å². The molecule has 5 N–H and O–H groups in total. The quantitative estimate of drug-likeness (QED) is 0.171. The van der Waals surface area contributed by atoms with E-state index in [0.717, 1.165) is 12.1 Å². The lowest BCUT2D eigenvalue weighted by atomic mass is 9.78. The standard InChI is InChI=1S/C31H30FN3O8/c1-42-22-10-11-23(26(37)16-22)29-24(12-13-25(36)19-4-6-20(32)7-5-19)30(40)34(29)21-8-2-18(3-9-21)17-33-31(41)43-35-27(38)14-15-28(35)39/h2-11,14-16,24-25,29,36-39H,12-13,17H2,1H3,(H,33,41)/t24-,25+,29-/m1/s1. The van der Waals surface area contributed by atoms with Crippen molar-refractivity contribution in [3.8, 4) is 23.3 Å². The second kappa shape index (κ2) is 12.3. The number of hydrogen-bond acceptors (Lipinski definition) is 8. The number of aromatic nitrogens is 1. The molecule has 1 aliphatic heterocycles. The Hall–Kier alpha value is -5.23. The number of nitrogens with one attached hydrogen (secondary N) is 1. The Bertz CT molecular complexity index is 1590. The molecule has 0 spiro atoms. The second-order valence-electron chi connectivity index (χ2n) is 10.1. The van der Waals surface area contributed by atoms with Crippen molar-refractivity contribution in [2.75, 3.05) is 12.0 Å². The summed E-state index contributed by atoms with van der Waals surface area (Å²) in [5, 5.41) is 43.2. The van der Waals surface area contributed by atoms with Crippen molar-refractivity contribution >= 4 is 17.7 Å². The number of ether oxygens (including phenoxy) is 1. The number of amides is 2. The van der Waals surface area contributed by atoms with Crippen LogP contribution in [0.5, 0.6) is 23.3 Å². The van der Waals surface area contributed by atoms with E-state index in [1.165, 1.54) is 37.4 Å². The Labute approximate surface area is 245 Å². The van der Waals surface area contributed by atoms with E-state index in [-0.39, 0.29) is 24.6 Å². The van der Waals surface area contributed by atoms with Gasteiger partial charge in [-0.3, -0.25) is 4.79 Å². The van der Waals surface area contributed by atoms with Crippen LogP contribution in [0.3, 0.4) is 0 Å². The van der Waals surface area contributed by atoms with Gasteiger partial charge in [-0.25, -0.2) is 9.18 Å². The van der Waals surface area contributed by atoms with Gasteiger partial charge >= 0.3 is 6.09 Å². The number of carbonyl (C=O) groups excluding carboxylic acids is 2. The maximum Gasteiger partial charge on any atom is 0.432 e. The Kier molecular flexibility index (Phi) is 8.39. The molecule has 0 aliphatic carbocycles. The van der Waals surface area contributed by atoms with Crippen molar-refractivity contribution in [3.05, 3.63) is 101 Å². The minimum Gasteiger partial charge on any atom is -0.507 e. The van der Waals surface area contributed by atoms with Crippen LogP contribution in [0.1, 0.15) is 41.7 Å². The molecular weight excluding hydrogens is 561 g/mol. The highest BCUT2D eigenvalue weighted by Gasteiger charge is 2.49. The van der Waals surface area contributed by atoms with E-state index < -0.39 is 41.7 Å². The molecule has 4 aromatic rings. The Morgan fingerprint density at radius 1 is 0.977 bits per heavy atom. The van der Waals surface area contributed by atoms with Gasteiger partial charge in [0.25, 0.3) is 0 Å². The minimum absolute atomic E-state index is 0.0370. The molecule has 5 rings (SSSR count). The summed E-state index contributed by atoms with van der Waals surface area (Å²) in [6.45, 7) is 0.0580. The Balaban J connectivity index is 1.29. The van der Waals surface area contributed by atoms with Gasteiger partial charge < -0.3 is 40.2 Å². The van der Waals surface area contributed by atoms with Crippen LogP contribution in [0, 0.1) is 11.7 Å². The van der Waals surface area contributed by atoms with Crippen LogP contribution < -0.4 is 19.8 Å². The maximum atomic E-state index is 13.5. The van der Waals surface area contributed by atoms with Crippen molar-refractivity contribution in [1.29, 1.82) is 0 Å². The second-order valence-corrected chi connectivity index (χ2v) is 10.1. The highest BCUT2D eigenvalue weighted by Crippen LogP contribution is 2.49. The van der Waals surface area contributed by atoms with Gasteiger partial charge in [-0.2, -0.15) is 0 Å². The zero-order chi connectivity index (χ0) is 30.7. The molecule has 2 heterocycles. The Morgan fingerprint density at radius 2 is 1.65 bits per heavy atom. The van der Waals surface area contributed by atoms with Gasteiger partial charge in [0.05, 0.1) is 25.2 Å². The molecule has 0 unspecified atom stereocenters. The highest BCUT2D eigenvalue weighted by atomic mass is 19.1. The van der Waals surface area contributed by atoms with E-state index in [1.54, 1.807) is 41.3 Å². The molecule has 11 nitrogen and oxygen atoms in total. The predicted molar refractivity (Wildman–Crippen MR) is 152 cm³/mol. The topological polar surface area (TPSA) is 154 Å². The van der Waals surface area contributed by atoms with Crippen molar-refractivity contribution in [2.45, 2.75) is 31.5 Å². The van der Waals surface area contributed by atoms with Crippen LogP contribution in [-0.2, 0) is 11.3 Å². The first-order valence-electron chi connectivity index (χ1n) is 13.4. The predicted octanol–water partition coefficient (Wildman–Crippen LogP) is 4.31. The van der Waals surface area contributed by atoms with Crippen molar-refractivity contribution in [1.82, 2.24) is 10.0 Å². The lowest BCUT2D eigenvalue weighted by molar-refractivity contribution is -0.131. The monoisotopic (exact) mass is 591 g/mol. The molecule has 2 amide bonds. The smallest absolute Gasteiger partial charge is 0.432 e. The third-order valence-electron chi connectivity index (χ3n) is 7.40. The summed E-state index contributed by atoms with van der Waals surface area (Å²) in [4.78, 5) is 32.0. The van der Waals surface area contributed by atoms with Crippen LogP contribution in [0.15, 0.2) is 78.9 Å². The summed E-state index contributed by atoms with van der Waals surface area (Å²) < 4.78 is 19.1. The fraction of sp³-hybridized carbons (Fsp3) is 0.226. The number of β-lactam (4-membered cyclic amide) rings is 1. The summed E-state index contributed by atoms with van der Waals surface area (Å²) in [6, 6.07) is 19.1. The van der Waals surface area contributed by atoms with E-state index in [0.29, 0.717) is 39.3 Å². The normalized spacial score (nSPS) is 16.8. The number of rotatable bonds is 10. The highest BCUT2D eigenvalue weighted by molar-refractivity contribution is 6.03. The Morgan fingerprint density at radius 3 is 2.28 bits per heavy atom. The molecule has 1 aromatic heterocycles. The number of aromatic hydroxyl groups is 3. The van der Waals surface area contributed by atoms with Gasteiger partial charge in [-0.15, -0.1) is 4.73 Å². The lowest BCUT2D eigenvalue weighted by Crippen LogP contribution is -2.55.